The topological polar surface area (TPSA) is 24.5 Å². The Kier molecular flexibility index (Phi) is 4.40. The van der Waals surface area contributed by atoms with Crippen LogP contribution in [0.2, 0.25) is 0 Å². The van der Waals surface area contributed by atoms with Crippen LogP contribution in [0.3, 0.4) is 0 Å². The molecule has 0 spiro atoms. The van der Waals surface area contributed by atoms with E-state index >= 15 is 0 Å². The lowest BCUT2D eigenvalue weighted by Gasteiger charge is -2.35. The quantitative estimate of drug-likeness (QED) is 0.852. The normalized spacial score (nSPS) is 24.7. The zero-order chi connectivity index (χ0) is 17.4. The van der Waals surface area contributed by atoms with Gasteiger partial charge in [0.05, 0.1) is 12.3 Å². The van der Waals surface area contributed by atoms with Crippen LogP contribution in [0.4, 0.5) is 13.2 Å². The average molecular weight is 352 g/mol. The standard InChI is InChI=1S/C19H23F3N2O/c20-19(21,22)18-12-16(24(23-18)15-6-2-1-3-7-15)13-8-9-17-14(11-13)5-4-10-25-17/h8-9,11-12,15,18,23H,1-7,10H2. The largest absolute Gasteiger partial charge is 0.493 e. The first kappa shape index (κ1) is 16.8. The minimum absolute atomic E-state index is 0.125. The minimum atomic E-state index is -4.29. The van der Waals surface area contributed by atoms with Gasteiger partial charge in [-0.25, -0.2) is 5.43 Å². The van der Waals surface area contributed by atoms with E-state index in [9.17, 15) is 13.2 Å². The van der Waals surface area contributed by atoms with Crippen molar-refractivity contribution >= 4 is 5.70 Å². The Balaban J connectivity index is 1.67. The molecule has 1 unspecified atom stereocenters. The molecule has 25 heavy (non-hydrogen) atoms. The molecule has 136 valence electrons. The number of hydrogen-bond acceptors (Lipinski definition) is 3. The zero-order valence-corrected chi connectivity index (χ0v) is 14.1. The first-order chi connectivity index (χ1) is 12.0. The molecule has 2 heterocycles. The second-order valence-corrected chi connectivity index (χ2v) is 7.14. The number of hydrazine groups is 1. The molecule has 4 rings (SSSR count). The molecule has 3 aliphatic rings. The van der Waals surface area contributed by atoms with Gasteiger partial charge in [0.15, 0.2) is 0 Å². The highest BCUT2D eigenvalue weighted by Gasteiger charge is 2.44. The maximum absolute atomic E-state index is 13.3. The summed E-state index contributed by atoms with van der Waals surface area (Å²) in [5.74, 6) is 0.859. The first-order valence-electron chi connectivity index (χ1n) is 9.12. The van der Waals surface area contributed by atoms with Gasteiger partial charge in [-0.15, -0.1) is 0 Å². The summed E-state index contributed by atoms with van der Waals surface area (Å²) in [5.41, 5.74) is 5.30. The molecule has 1 saturated carbocycles. The highest BCUT2D eigenvalue weighted by molar-refractivity contribution is 5.68. The third-order valence-electron chi connectivity index (χ3n) is 5.36. The van der Waals surface area contributed by atoms with Crippen molar-refractivity contribution in [2.75, 3.05) is 6.61 Å². The van der Waals surface area contributed by atoms with Crippen LogP contribution < -0.4 is 10.2 Å². The number of rotatable bonds is 2. The molecule has 2 aliphatic heterocycles. The van der Waals surface area contributed by atoms with Gasteiger partial charge in [0, 0.05) is 6.04 Å². The van der Waals surface area contributed by atoms with E-state index in [1.165, 1.54) is 12.5 Å². The molecule has 1 aromatic carbocycles. The molecule has 0 saturated heterocycles. The van der Waals surface area contributed by atoms with Crippen molar-refractivity contribution in [2.24, 2.45) is 0 Å². The van der Waals surface area contributed by atoms with Gasteiger partial charge in [0.25, 0.3) is 0 Å². The van der Waals surface area contributed by atoms with Crippen molar-refractivity contribution in [2.45, 2.75) is 63.2 Å². The summed E-state index contributed by atoms with van der Waals surface area (Å²) >= 11 is 0. The monoisotopic (exact) mass is 352 g/mol. The maximum Gasteiger partial charge on any atom is 0.409 e. The van der Waals surface area contributed by atoms with Gasteiger partial charge in [-0.3, -0.25) is 0 Å². The molecule has 0 bridgehead atoms. The van der Waals surface area contributed by atoms with E-state index in [2.05, 4.69) is 5.43 Å². The fraction of sp³-hybridized carbons (Fsp3) is 0.579. The van der Waals surface area contributed by atoms with Gasteiger partial charge in [0.1, 0.15) is 11.8 Å². The number of fused-ring (bicyclic) bond motifs is 1. The van der Waals surface area contributed by atoms with Crippen LogP contribution in [0, 0.1) is 0 Å². The van der Waals surface area contributed by atoms with Gasteiger partial charge in [-0.2, -0.15) is 13.2 Å². The smallest absolute Gasteiger partial charge is 0.409 e. The molecule has 1 atom stereocenters. The summed E-state index contributed by atoms with van der Waals surface area (Å²) in [4.78, 5) is 0. The summed E-state index contributed by atoms with van der Waals surface area (Å²) in [5, 5.41) is 1.78. The van der Waals surface area contributed by atoms with Crippen LogP contribution in [0.1, 0.15) is 49.7 Å². The van der Waals surface area contributed by atoms with Crippen molar-refractivity contribution in [1.29, 1.82) is 0 Å². The van der Waals surface area contributed by atoms with Gasteiger partial charge in [-0.1, -0.05) is 19.3 Å². The van der Waals surface area contributed by atoms with Crippen molar-refractivity contribution < 1.29 is 17.9 Å². The van der Waals surface area contributed by atoms with Crippen molar-refractivity contribution in [3.05, 3.63) is 35.4 Å². The van der Waals surface area contributed by atoms with Crippen molar-refractivity contribution in [1.82, 2.24) is 10.4 Å². The van der Waals surface area contributed by atoms with Crippen LogP contribution in [-0.2, 0) is 6.42 Å². The lowest BCUT2D eigenvalue weighted by Crippen LogP contribution is -2.49. The molecule has 3 nitrogen and oxygen atoms in total. The van der Waals surface area contributed by atoms with Crippen LogP contribution >= 0.6 is 0 Å². The summed E-state index contributed by atoms with van der Waals surface area (Å²) < 4.78 is 45.6. The molecule has 1 aliphatic carbocycles. The van der Waals surface area contributed by atoms with Gasteiger partial charge in [-0.05, 0) is 61.1 Å². The van der Waals surface area contributed by atoms with E-state index in [4.69, 9.17) is 4.74 Å². The van der Waals surface area contributed by atoms with Crippen LogP contribution in [0.25, 0.3) is 5.70 Å². The molecule has 0 radical (unpaired) electrons. The second kappa shape index (κ2) is 6.56. The van der Waals surface area contributed by atoms with E-state index in [1.54, 1.807) is 5.01 Å². The molecule has 1 fully saturated rings. The van der Waals surface area contributed by atoms with E-state index in [0.29, 0.717) is 12.3 Å². The second-order valence-electron chi connectivity index (χ2n) is 7.14. The predicted octanol–water partition coefficient (Wildman–Crippen LogP) is 4.44. The summed E-state index contributed by atoms with van der Waals surface area (Å²) in [6.07, 6.45) is 4.09. The number of benzene rings is 1. The third-order valence-corrected chi connectivity index (χ3v) is 5.36. The Hall–Kier alpha value is -1.69. The predicted molar refractivity (Wildman–Crippen MR) is 89.9 cm³/mol. The Bertz CT molecular complexity index is 665. The Morgan fingerprint density at radius 3 is 2.64 bits per heavy atom. The van der Waals surface area contributed by atoms with E-state index in [0.717, 1.165) is 55.4 Å². The van der Waals surface area contributed by atoms with Gasteiger partial charge in [0.2, 0.25) is 0 Å². The summed E-state index contributed by atoms with van der Waals surface area (Å²) in [7, 11) is 0. The number of halogens is 3. The van der Waals surface area contributed by atoms with E-state index < -0.39 is 12.2 Å². The van der Waals surface area contributed by atoms with Gasteiger partial charge < -0.3 is 9.75 Å². The van der Waals surface area contributed by atoms with Crippen LogP contribution in [-0.4, -0.2) is 29.9 Å². The highest BCUT2D eigenvalue weighted by atomic mass is 19.4. The highest BCUT2D eigenvalue weighted by Crippen LogP contribution is 2.37. The number of ether oxygens (including phenoxy) is 1. The number of hydrogen-bond donors (Lipinski definition) is 1. The number of alkyl halides is 3. The summed E-state index contributed by atoms with van der Waals surface area (Å²) in [6, 6.07) is 4.28. The number of nitrogens with one attached hydrogen (secondary N) is 1. The average Bonchev–Trinajstić information content (AvgIpc) is 3.08. The van der Waals surface area contributed by atoms with Crippen molar-refractivity contribution in [3.63, 3.8) is 0 Å². The number of aryl methyl sites for hydroxylation is 1. The van der Waals surface area contributed by atoms with Gasteiger partial charge >= 0.3 is 6.18 Å². The summed E-state index contributed by atoms with van der Waals surface area (Å²) in [6.45, 7) is 0.709. The Morgan fingerprint density at radius 2 is 1.88 bits per heavy atom. The Morgan fingerprint density at radius 1 is 1.08 bits per heavy atom. The van der Waals surface area contributed by atoms with Crippen LogP contribution in [0.5, 0.6) is 5.75 Å². The van der Waals surface area contributed by atoms with E-state index in [1.807, 2.05) is 18.2 Å². The molecule has 1 N–H and O–H groups in total. The molecule has 1 aromatic rings. The fourth-order valence-corrected chi connectivity index (χ4v) is 4.06. The van der Waals surface area contributed by atoms with E-state index in [-0.39, 0.29) is 6.04 Å². The maximum atomic E-state index is 13.3. The fourth-order valence-electron chi connectivity index (χ4n) is 4.06. The van der Waals surface area contributed by atoms with Crippen LogP contribution in [0.15, 0.2) is 24.3 Å². The lowest BCUT2D eigenvalue weighted by atomic mass is 9.94. The molecule has 0 aromatic heterocycles. The molecule has 6 heteroatoms. The first-order valence-corrected chi connectivity index (χ1v) is 9.12. The van der Waals surface area contributed by atoms with Crippen molar-refractivity contribution in [3.8, 4) is 5.75 Å². The lowest BCUT2D eigenvalue weighted by molar-refractivity contribution is -0.151. The number of nitrogens with zero attached hydrogens (tertiary/aromatic N) is 1. The Labute approximate surface area is 145 Å². The third kappa shape index (κ3) is 3.36. The zero-order valence-electron chi connectivity index (χ0n) is 14.1. The molecular formula is C19H23F3N2O. The SMILES string of the molecule is FC(F)(F)C1C=C(c2ccc3c(c2)CCCO3)N(C2CCCCC2)N1. The molecular weight excluding hydrogens is 329 g/mol. The molecule has 0 amide bonds. The minimum Gasteiger partial charge on any atom is -0.493 e.